The van der Waals surface area contributed by atoms with Crippen molar-refractivity contribution in [3.63, 3.8) is 0 Å². The molecule has 64 valence electrons. The van der Waals surface area contributed by atoms with E-state index in [2.05, 4.69) is 0 Å². The van der Waals surface area contributed by atoms with Crippen molar-refractivity contribution in [3.8, 4) is 5.75 Å². The number of ether oxygens (including phenoxy) is 1. The number of alkyl halides is 1. The molecule has 1 aliphatic heterocycles. The van der Waals surface area contributed by atoms with Crippen molar-refractivity contribution in [1.82, 2.24) is 0 Å². The van der Waals surface area contributed by atoms with Crippen LogP contribution in [0.15, 0.2) is 24.3 Å². The molecule has 1 heterocycles. The minimum absolute atomic E-state index is 0.0238. The fraction of sp³-hybridized carbons (Fsp3) is 0.333. The maximum absolute atomic E-state index is 13.8. The van der Waals surface area contributed by atoms with E-state index >= 15 is 0 Å². The Bertz CT molecular complexity index is 302. The van der Waals surface area contributed by atoms with E-state index in [0.29, 0.717) is 11.3 Å². The Kier molecular flexibility index (Phi) is 1.54. The van der Waals surface area contributed by atoms with Crippen LogP contribution in [-0.2, 0) is 5.67 Å². The first kappa shape index (κ1) is 7.55. The first-order valence-corrected chi connectivity index (χ1v) is 3.87. The highest BCUT2D eigenvalue weighted by Gasteiger charge is 2.39. The minimum Gasteiger partial charge on any atom is -0.489 e. The predicted octanol–water partition coefficient (Wildman–Crippen LogP) is 1.20. The van der Waals surface area contributed by atoms with Gasteiger partial charge in [-0.1, -0.05) is 18.2 Å². The molecule has 0 aromatic heterocycles. The van der Waals surface area contributed by atoms with E-state index in [4.69, 9.17) is 10.5 Å². The summed E-state index contributed by atoms with van der Waals surface area (Å²) in [4.78, 5) is 0. The number of rotatable bonds is 1. The molecule has 2 rings (SSSR count). The molecular weight excluding hydrogens is 157 g/mol. The van der Waals surface area contributed by atoms with Gasteiger partial charge in [0.05, 0.1) is 0 Å². The molecule has 0 bridgehead atoms. The van der Waals surface area contributed by atoms with Gasteiger partial charge < -0.3 is 10.5 Å². The largest absolute Gasteiger partial charge is 0.489 e. The topological polar surface area (TPSA) is 35.2 Å². The van der Waals surface area contributed by atoms with E-state index in [-0.39, 0.29) is 13.2 Å². The van der Waals surface area contributed by atoms with E-state index < -0.39 is 5.67 Å². The summed E-state index contributed by atoms with van der Waals surface area (Å²) in [6.45, 7) is 0.0207. The second-order valence-electron chi connectivity index (χ2n) is 2.95. The number of benzene rings is 1. The Labute approximate surface area is 70.1 Å². The van der Waals surface area contributed by atoms with Gasteiger partial charge >= 0.3 is 0 Å². The van der Waals surface area contributed by atoms with E-state index in [9.17, 15) is 4.39 Å². The third kappa shape index (κ3) is 0.898. The zero-order valence-electron chi connectivity index (χ0n) is 6.59. The summed E-state index contributed by atoms with van der Waals surface area (Å²) in [6, 6.07) is 7.08. The molecule has 12 heavy (non-hydrogen) atoms. The highest BCUT2D eigenvalue weighted by atomic mass is 19.1. The van der Waals surface area contributed by atoms with Crippen LogP contribution >= 0.6 is 0 Å². The van der Waals surface area contributed by atoms with E-state index in [0.717, 1.165) is 0 Å². The van der Waals surface area contributed by atoms with Gasteiger partial charge in [-0.15, -0.1) is 0 Å². The Balaban J connectivity index is 2.49. The fourth-order valence-electron chi connectivity index (χ4n) is 1.40. The van der Waals surface area contributed by atoms with Crippen molar-refractivity contribution in [2.75, 3.05) is 13.2 Å². The number of halogens is 1. The SMILES string of the molecule is NCC1(F)COc2ccccc21. The highest BCUT2D eigenvalue weighted by molar-refractivity contribution is 5.41. The summed E-state index contributed by atoms with van der Waals surface area (Å²) in [5.41, 5.74) is 4.43. The molecule has 1 aromatic rings. The molecule has 3 heteroatoms. The quantitative estimate of drug-likeness (QED) is 0.682. The van der Waals surface area contributed by atoms with Gasteiger partial charge in [-0.3, -0.25) is 0 Å². The molecule has 0 saturated heterocycles. The third-order valence-corrected chi connectivity index (χ3v) is 2.15. The van der Waals surface area contributed by atoms with Crippen molar-refractivity contribution < 1.29 is 9.13 Å². The summed E-state index contributed by atoms with van der Waals surface area (Å²) in [5, 5.41) is 0. The summed E-state index contributed by atoms with van der Waals surface area (Å²) in [7, 11) is 0. The first-order chi connectivity index (χ1) is 5.76. The molecule has 2 nitrogen and oxygen atoms in total. The van der Waals surface area contributed by atoms with Crippen LogP contribution in [0.25, 0.3) is 0 Å². The van der Waals surface area contributed by atoms with Gasteiger partial charge in [0.25, 0.3) is 0 Å². The molecule has 0 spiro atoms. The molecule has 0 radical (unpaired) electrons. The summed E-state index contributed by atoms with van der Waals surface area (Å²) >= 11 is 0. The van der Waals surface area contributed by atoms with Gasteiger partial charge in [0, 0.05) is 12.1 Å². The molecule has 0 fully saturated rings. The molecule has 2 N–H and O–H groups in total. The van der Waals surface area contributed by atoms with Crippen LogP contribution in [-0.4, -0.2) is 13.2 Å². The highest BCUT2D eigenvalue weighted by Crippen LogP contribution is 2.38. The zero-order valence-corrected chi connectivity index (χ0v) is 6.59. The van der Waals surface area contributed by atoms with Crippen LogP contribution < -0.4 is 10.5 Å². The van der Waals surface area contributed by atoms with E-state index in [1.807, 2.05) is 6.07 Å². The van der Waals surface area contributed by atoms with Gasteiger partial charge in [-0.25, -0.2) is 4.39 Å². The lowest BCUT2D eigenvalue weighted by Crippen LogP contribution is -2.31. The second-order valence-corrected chi connectivity index (χ2v) is 2.95. The lowest BCUT2D eigenvalue weighted by molar-refractivity contribution is 0.129. The number of fused-ring (bicyclic) bond motifs is 1. The number of hydrogen-bond donors (Lipinski definition) is 1. The van der Waals surface area contributed by atoms with Crippen molar-refractivity contribution >= 4 is 0 Å². The molecule has 1 unspecified atom stereocenters. The van der Waals surface area contributed by atoms with Gasteiger partial charge in [-0.2, -0.15) is 0 Å². The van der Waals surface area contributed by atoms with Crippen molar-refractivity contribution in [2.45, 2.75) is 5.67 Å². The monoisotopic (exact) mass is 167 g/mol. The van der Waals surface area contributed by atoms with Gasteiger partial charge in [0.2, 0.25) is 0 Å². The summed E-state index contributed by atoms with van der Waals surface area (Å²) < 4.78 is 18.9. The molecular formula is C9H10FNO. The van der Waals surface area contributed by atoms with Crippen LogP contribution in [0, 0.1) is 0 Å². The van der Waals surface area contributed by atoms with E-state index in [1.54, 1.807) is 18.2 Å². The third-order valence-electron chi connectivity index (χ3n) is 2.15. The maximum atomic E-state index is 13.8. The minimum atomic E-state index is -1.48. The van der Waals surface area contributed by atoms with Crippen LogP contribution in [0.4, 0.5) is 4.39 Å². The van der Waals surface area contributed by atoms with Crippen molar-refractivity contribution in [2.24, 2.45) is 5.73 Å². The second kappa shape index (κ2) is 2.45. The number of para-hydroxylation sites is 1. The molecule has 0 aliphatic carbocycles. The predicted molar refractivity (Wildman–Crippen MR) is 43.8 cm³/mol. The average Bonchev–Trinajstić information content (AvgIpc) is 2.46. The van der Waals surface area contributed by atoms with Crippen molar-refractivity contribution in [1.29, 1.82) is 0 Å². The average molecular weight is 167 g/mol. The molecule has 0 amide bonds. The number of hydrogen-bond acceptors (Lipinski definition) is 2. The lowest BCUT2D eigenvalue weighted by Gasteiger charge is -2.14. The Morgan fingerprint density at radius 3 is 3.00 bits per heavy atom. The smallest absolute Gasteiger partial charge is 0.185 e. The molecule has 1 aliphatic rings. The Morgan fingerprint density at radius 2 is 2.25 bits per heavy atom. The zero-order chi connectivity index (χ0) is 8.60. The van der Waals surface area contributed by atoms with Crippen LogP contribution in [0.1, 0.15) is 5.56 Å². The van der Waals surface area contributed by atoms with Gasteiger partial charge in [0.15, 0.2) is 5.67 Å². The maximum Gasteiger partial charge on any atom is 0.185 e. The van der Waals surface area contributed by atoms with Crippen molar-refractivity contribution in [3.05, 3.63) is 29.8 Å². The van der Waals surface area contributed by atoms with Gasteiger partial charge in [-0.05, 0) is 6.07 Å². The summed E-state index contributed by atoms with van der Waals surface area (Å²) in [6.07, 6.45) is 0. The lowest BCUT2D eigenvalue weighted by atomic mass is 9.98. The first-order valence-electron chi connectivity index (χ1n) is 3.87. The van der Waals surface area contributed by atoms with Gasteiger partial charge in [0.1, 0.15) is 12.4 Å². The Morgan fingerprint density at radius 1 is 1.50 bits per heavy atom. The molecule has 1 atom stereocenters. The molecule has 0 saturated carbocycles. The standard InChI is InChI=1S/C9H10FNO/c10-9(5-11)6-12-8-4-2-1-3-7(8)9/h1-4H,5-6,11H2. The van der Waals surface area contributed by atoms with Crippen LogP contribution in [0.3, 0.4) is 0 Å². The molecule has 1 aromatic carbocycles. The van der Waals surface area contributed by atoms with Crippen LogP contribution in [0.2, 0.25) is 0 Å². The number of nitrogens with two attached hydrogens (primary N) is 1. The Hall–Kier alpha value is -1.09. The van der Waals surface area contributed by atoms with E-state index in [1.165, 1.54) is 0 Å². The normalized spacial score (nSPS) is 26.5. The summed E-state index contributed by atoms with van der Waals surface area (Å²) in [5.74, 6) is 0.616. The van der Waals surface area contributed by atoms with Crippen LogP contribution in [0.5, 0.6) is 5.75 Å². The fourth-order valence-corrected chi connectivity index (χ4v) is 1.40.